The largest absolute Gasteiger partial charge is 0.372 e. The molecule has 0 spiro atoms. The van der Waals surface area contributed by atoms with Gasteiger partial charge in [-0.05, 0) is 45.0 Å². The van der Waals surface area contributed by atoms with Gasteiger partial charge in [0.05, 0.1) is 0 Å². The second-order valence-corrected chi connectivity index (χ2v) is 4.18. The third-order valence-electron chi connectivity index (χ3n) is 3.07. The SMILES string of the molecule is CCCN(CC)c1ccc(C(C)NC)cc1. The lowest BCUT2D eigenvalue weighted by atomic mass is 10.1. The highest BCUT2D eigenvalue weighted by molar-refractivity contribution is 5.47. The van der Waals surface area contributed by atoms with E-state index in [9.17, 15) is 0 Å². The van der Waals surface area contributed by atoms with Gasteiger partial charge in [0.15, 0.2) is 0 Å². The molecule has 0 aromatic heterocycles. The van der Waals surface area contributed by atoms with Crippen LogP contribution in [-0.2, 0) is 0 Å². The Morgan fingerprint density at radius 3 is 2.25 bits per heavy atom. The van der Waals surface area contributed by atoms with Gasteiger partial charge in [-0.2, -0.15) is 0 Å². The fraction of sp³-hybridized carbons (Fsp3) is 0.571. The van der Waals surface area contributed by atoms with E-state index in [0.29, 0.717) is 6.04 Å². The quantitative estimate of drug-likeness (QED) is 0.792. The van der Waals surface area contributed by atoms with Gasteiger partial charge in [-0.25, -0.2) is 0 Å². The average molecular weight is 220 g/mol. The molecular formula is C14H24N2. The first-order valence-corrected chi connectivity index (χ1v) is 6.25. The van der Waals surface area contributed by atoms with Gasteiger partial charge in [-0.15, -0.1) is 0 Å². The van der Waals surface area contributed by atoms with E-state index in [0.717, 1.165) is 13.1 Å². The normalized spacial score (nSPS) is 12.5. The van der Waals surface area contributed by atoms with Crippen molar-refractivity contribution in [3.05, 3.63) is 29.8 Å². The van der Waals surface area contributed by atoms with Gasteiger partial charge in [-0.1, -0.05) is 19.1 Å². The molecule has 0 aliphatic rings. The molecule has 2 heteroatoms. The Bertz CT molecular complexity index is 292. The number of benzene rings is 1. The van der Waals surface area contributed by atoms with Crippen molar-refractivity contribution in [1.82, 2.24) is 5.32 Å². The van der Waals surface area contributed by atoms with Crippen LogP contribution in [0.2, 0.25) is 0 Å². The zero-order chi connectivity index (χ0) is 12.0. The average Bonchev–Trinajstić information content (AvgIpc) is 2.35. The van der Waals surface area contributed by atoms with Crippen molar-refractivity contribution < 1.29 is 0 Å². The maximum absolute atomic E-state index is 3.26. The van der Waals surface area contributed by atoms with Crippen molar-refractivity contribution in [2.24, 2.45) is 0 Å². The summed E-state index contributed by atoms with van der Waals surface area (Å²) in [4.78, 5) is 2.41. The van der Waals surface area contributed by atoms with E-state index >= 15 is 0 Å². The lowest BCUT2D eigenvalue weighted by molar-refractivity contribution is 0.652. The fourth-order valence-electron chi connectivity index (χ4n) is 1.88. The molecule has 1 atom stereocenters. The zero-order valence-corrected chi connectivity index (χ0v) is 11.0. The lowest BCUT2D eigenvalue weighted by Gasteiger charge is -2.23. The molecular weight excluding hydrogens is 196 g/mol. The molecule has 0 aliphatic carbocycles. The summed E-state index contributed by atoms with van der Waals surface area (Å²) in [6, 6.07) is 9.31. The first kappa shape index (κ1) is 13.0. The summed E-state index contributed by atoms with van der Waals surface area (Å²) in [6.07, 6.45) is 1.20. The molecule has 2 nitrogen and oxygen atoms in total. The van der Waals surface area contributed by atoms with Crippen LogP contribution in [0.3, 0.4) is 0 Å². The predicted octanol–water partition coefficient (Wildman–Crippen LogP) is 3.20. The molecule has 1 aromatic rings. The predicted molar refractivity (Wildman–Crippen MR) is 72.1 cm³/mol. The van der Waals surface area contributed by atoms with E-state index in [1.54, 1.807) is 0 Å². The summed E-state index contributed by atoms with van der Waals surface area (Å²) >= 11 is 0. The number of rotatable bonds is 6. The van der Waals surface area contributed by atoms with E-state index < -0.39 is 0 Å². The topological polar surface area (TPSA) is 15.3 Å². The molecule has 0 radical (unpaired) electrons. The number of hydrogen-bond acceptors (Lipinski definition) is 2. The van der Waals surface area contributed by atoms with Gasteiger partial charge in [0.1, 0.15) is 0 Å². The Balaban J connectivity index is 2.76. The third-order valence-corrected chi connectivity index (χ3v) is 3.07. The Morgan fingerprint density at radius 2 is 1.81 bits per heavy atom. The molecule has 0 amide bonds. The van der Waals surface area contributed by atoms with Gasteiger partial charge < -0.3 is 10.2 Å². The van der Waals surface area contributed by atoms with Crippen molar-refractivity contribution in [3.63, 3.8) is 0 Å². The van der Waals surface area contributed by atoms with Crippen LogP contribution in [0.1, 0.15) is 38.8 Å². The molecule has 0 heterocycles. The minimum absolute atomic E-state index is 0.426. The van der Waals surface area contributed by atoms with Crippen LogP contribution in [-0.4, -0.2) is 20.1 Å². The fourth-order valence-corrected chi connectivity index (χ4v) is 1.88. The lowest BCUT2D eigenvalue weighted by Crippen LogP contribution is -2.23. The standard InChI is InChI=1S/C14H24N2/c1-5-11-16(6-2)14-9-7-13(8-10-14)12(3)15-4/h7-10,12,15H,5-6,11H2,1-4H3. The maximum Gasteiger partial charge on any atom is 0.0366 e. The van der Waals surface area contributed by atoms with Crippen LogP contribution in [0.5, 0.6) is 0 Å². The summed E-state index contributed by atoms with van der Waals surface area (Å²) in [5.41, 5.74) is 2.68. The molecule has 0 fully saturated rings. The second kappa shape index (κ2) is 6.54. The molecule has 0 saturated carbocycles. The Kier molecular flexibility index (Phi) is 5.33. The summed E-state index contributed by atoms with van der Waals surface area (Å²) in [6.45, 7) is 8.82. The highest BCUT2D eigenvalue weighted by atomic mass is 15.1. The maximum atomic E-state index is 3.26. The smallest absolute Gasteiger partial charge is 0.0366 e. The molecule has 0 aliphatic heterocycles. The van der Waals surface area contributed by atoms with Gasteiger partial charge in [0.2, 0.25) is 0 Å². The Morgan fingerprint density at radius 1 is 1.19 bits per heavy atom. The van der Waals surface area contributed by atoms with Gasteiger partial charge in [0, 0.05) is 24.8 Å². The monoisotopic (exact) mass is 220 g/mol. The van der Waals surface area contributed by atoms with E-state index in [1.165, 1.54) is 17.7 Å². The van der Waals surface area contributed by atoms with Crippen LogP contribution >= 0.6 is 0 Å². The summed E-state index contributed by atoms with van der Waals surface area (Å²) in [5, 5.41) is 3.26. The van der Waals surface area contributed by atoms with E-state index in [4.69, 9.17) is 0 Å². The van der Waals surface area contributed by atoms with Crippen LogP contribution in [0.15, 0.2) is 24.3 Å². The Hall–Kier alpha value is -1.02. The van der Waals surface area contributed by atoms with Crippen LogP contribution in [0.4, 0.5) is 5.69 Å². The molecule has 1 rings (SSSR count). The van der Waals surface area contributed by atoms with Crippen molar-refractivity contribution in [3.8, 4) is 0 Å². The van der Waals surface area contributed by atoms with Crippen LogP contribution in [0, 0.1) is 0 Å². The van der Waals surface area contributed by atoms with Gasteiger partial charge in [0.25, 0.3) is 0 Å². The highest BCUT2D eigenvalue weighted by Crippen LogP contribution is 2.19. The van der Waals surface area contributed by atoms with E-state index in [-0.39, 0.29) is 0 Å². The van der Waals surface area contributed by atoms with Crippen LogP contribution < -0.4 is 10.2 Å². The van der Waals surface area contributed by atoms with Crippen molar-refractivity contribution in [2.75, 3.05) is 25.0 Å². The molecule has 0 saturated heterocycles. The van der Waals surface area contributed by atoms with Gasteiger partial charge >= 0.3 is 0 Å². The number of nitrogens with one attached hydrogen (secondary N) is 1. The molecule has 90 valence electrons. The van der Waals surface area contributed by atoms with Crippen molar-refractivity contribution >= 4 is 5.69 Å². The molecule has 0 bridgehead atoms. The van der Waals surface area contributed by atoms with Crippen molar-refractivity contribution in [1.29, 1.82) is 0 Å². The number of anilines is 1. The zero-order valence-electron chi connectivity index (χ0n) is 11.0. The third kappa shape index (κ3) is 3.24. The number of hydrogen-bond donors (Lipinski definition) is 1. The minimum atomic E-state index is 0.426. The first-order valence-electron chi connectivity index (χ1n) is 6.25. The molecule has 1 N–H and O–H groups in total. The summed E-state index contributed by atoms with van der Waals surface area (Å²) in [5.74, 6) is 0. The minimum Gasteiger partial charge on any atom is -0.372 e. The second-order valence-electron chi connectivity index (χ2n) is 4.18. The van der Waals surface area contributed by atoms with Crippen LogP contribution in [0.25, 0.3) is 0 Å². The summed E-state index contributed by atoms with van der Waals surface area (Å²) < 4.78 is 0. The van der Waals surface area contributed by atoms with E-state index in [1.807, 2.05) is 7.05 Å². The Labute approximate surface area is 99.7 Å². The highest BCUT2D eigenvalue weighted by Gasteiger charge is 2.05. The first-order chi connectivity index (χ1) is 7.72. The molecule has 16 heavy (non-hydrogen) atoms. The molecule has 1 aromatic carbocycles. The van der Waals surface area contributed by atoms with E-state index in [2.05, 4.69) is 55.3 Å². The van der Waals surface area contributed by atoms with Crippen molar-refractivity contribution in [2.45, 2.75) is 33.2 Å². The van der Waals surface area contributed by atoms with Gasteiger partial charge in [-0.3, -0.25) is 0 Å². The molecule has 1 unspecified atom stereocenters. The summed E-state index contributed by atoms with van der Waals surface area (Å²) in [7, 11) is 1.99. The number of nitrogens with zero attached hydrogens (tertiary/aromatic N) is 1.